The lowest BCUT2D eigenvalue weighted by atomic mass is 10.1. The van der Waals surface area contributed by atoms with Gasteiger partial charge in [-0.3, -0.25) is 4.79 Å². The van der Waals surface area contributed by atoms with Crippen LogP contribution in [0.1, 0.15) is 46.0 Å². The maximum atomic E-state index is 11.6. The van der Waals surface area contributed by atoms with Crippen LogP contribution in [0.2, 0.25) is 0 Å². The molecule has 0 aliphatic carbocycles. The van der Waals surface area contributed by atoms with E-state index >= 15 is 0 Å². The number of hydrogen-bond donors (Lipinski definition) is 2. The van der Waals surface area contributed by atoms with Gasteiger partial charge >= 0.3 is 0 Å². The van der Waals surface area contributed by atoms with Gasteiger partial charge in [0, 0.05) is 6.04 Å². The lowest BCUT2D eigenvalue weighted by molar-refractivity contribution is -0.128. The Hall–Kier alpha value is -0.610. The molecule has 4 nitrogen and oxygen atoms in total. The number of rotatable bonds is 7. The van der Waals surface area contributed by atoms with Gasteiger partial charge in [-0.25, -0.2) is 0 Å². The summed E-state index contributed by atoms with van der Waals surface area (Å²) in [6, 6.07) is 0.263. The number of unbranched alkanes of at least 4 members (excludes halogenated alkanes) is 1. The SMILES string of the molecule is CCCCC(C)NC(=O)COC1CCNCC1. The molecule has 0 aromatic rings. The summed E-state index contributed by atoms with van der Waals surface area (Å²) in [5.74, 6) is 0.0205. The molecule has 1 fully saturated rings. The largest absolute Gasteiger partial charge is 0.368 e. The van der Waals surface area contributed by atoms with Gasteiger partial charge in [0.05, 0.1) is 6.10 Å². The van der Waals surface area contributed by atoms with Crippen LogP contribution in [0, 0.1) is 0 Å². The quantitative estimate of drug-likeness (QED) is 0.710. The Kier molecular flexibility index (Phi) is 7.21. The average Bonchev–Trinajstić information content (AvgIpc) is 2.35. The summed E-state index contributed by atoms with van der Waals surface area (Å²) in [5.41, 5.74) is 0. The molecule has 1 atom stereocenters. The summed E-state index contributed by atoms with van der Waals surface area (Å²) in [4.78, 5) is 11.6. The summed E-state index contributed by atoms with van der Waals surface area (Å²) < 4.78 is 5.60. The molecular formula is C13H26N2O2. The number of hydrogen-bond acceptors (Lipinski definition) is 3. The van der Waals surface area contributed by atoms with Crippen LogP contribution in [-0.4, -0.2) is 37.7 Å². The Balaban J connectivity index is 2.07. The van der Waals surface area contributed by atoms with Crippen molar-refractivity contribution < 1.29 is 9.53 Å². The van der Waals surface area contributed by atoms with Gasteiger partial charge in [0.2, 0.25) is 5.91 Å². The van der Waals surface area contributed by atoms with Crippen molar-refractivity contribution in [2.24, 2.45) is 0 Å². The summed E-state index contributed by atoms with van der Waals surface area (Å²) >= 11 is 0. The maximum Gasteiger partial charge on any atom is 0.246 e. The molecule has 0 radical (unpaired) electrons. The van der Waals surface area contributed by atoms with Crippen LogP contribution in [0.15, 0.2) is 0 Å². The first-order valence-electron chi connectivity index (χ1n) is 6.84. The zero-order chi connectivity index (χ0) is 12.5. The lowest BCUT2D eigenvalue weighted by Crippen LogP contribution is -2.38. The molecule has 1 aliphatic heterocycles. The number of carbonyl (C=O) groups excluding carboxylic acids is 1. The first kappa shape index (κ1) is 14.5. The molecule has 1 saturated heterocycles. The van der Waals surface area contributed by atoms with E-state index in [9.17, 15) is 4.79 Å². The zero-order valence-corrected chi connectivity index (χ0v) is 11.1. The number of amides is 1. The number of nitrogens with one attached hydrogen (secondary N) is 2. The first-order valence-corrected chi connectivity index (χ1v) is 6.84. The van der Waals surface area contributed by atoms with E-state index in [4.69, 9.17) is 4.74 Å². The molecule has 1 unspecified atom stereocenters. The second-order valence-corrected chi connectivity index (χ2v) is 4.87. The van der Waals surface area contributed by atoms with Crippen molar-refractivity contribution in [3.63, 3.8) is 0 Å². The van der Waals surface area contributed by atoms with Crippen LogP contribution < -0.4 is 10.6 Å². The van der Waals surface area contributed by atoms with Gasteiger partial charge in [-0.05, 0) is 39.3 Å². The van der Waals surface area contributed by atoms with Crippen LogP contribution in [0.3, 0.4) is 0 Å². The van der Waals surface area contributed by atoms with Crippen molar-refractivity contribution in [3.8, 4) is 0 Å². The topological polar surface area (TPSA) is 50.4 Å². The van der Waals surface area contributed by atoms with Gasteiger partial charge in [-0.1, -0.05) is 19.8 Å². The van der Waals surface area contributed by atoms with Gasteiger partial charge in [0.1, 0.15) is 6.61 Å². The molecule has 0 aromatic heterocycles. The monoisotopic (exact) mass is 242 g/mol. The summed E-state index contributed by atoms with van der Waals surface area (Å²) in [6.45, 7) is 6.42. The van der Waals surface area contributed by atoms with Crippen LogP contribution in [0.5, 0.6) is 0 Å². The molecule has 0 saturated carbocycles. The predicted octanol–water partition coefficient (Wildman–Crippen LogP) is 1.45. The van der Waals surface area contributed by atoms with Crippen molar-refractivity contribution in [1.82, 2.24) is 10.6 Å². The van der Waals surface area contributed by atoms with Gasteiger partial charge in [0.25, 0.3) is 0 Å². The minimum Gasteiger partial charge on any atom is -0.368 e. The van der Waals surface area contributed by atoms with Crippen molar-refractivity contribution in [2.45, 2.75) is 58.1 Å². The van der Waals surface area contributed by atoms with Crippen molar-refractivity contribution in [2.75, 3.05) is 19.7 Å². The van der Waals surface area contributed by atoms with Crippen molar-refractivity contribution >= 4 is 5.91 Å². The first-order chi connectivity index (χ1) is 8.22. The second kappa shape index (κ2) is 8.48. The van der Waals surface area contributed by atoms with Crippen LogP contribution in [0.4, 0.5) is 0 Å². The van der Waals surface area contributed by atoms with E-state index in [1.807, 2.05) is 0 Å². The van der Waals surface area contributed by atoms with E-state index in [0.29, 0.717) is 0 Å². The Bertz CT molecular complexity index is 215. The lowest BCUT2D eigenvalue weighted by Gasteiger charge is -2.23. The molecule has 4 heteroatoms. The number of piperidine rings is 1. The Morgan fingerprint density at radius 3 is 2.82 bits per heavy atom. The highest BCUT2D eigenvalue weighted by Crippen LogP contribution is 2.06. The molecule has 0 spiro atoms. The molecule has 17 heavy (non-hydrogen) atoms. The van der Waals surface area contributed by atoms with E-state index in [2.05, 4.69) is 24.5 Å². The van der Waals surface area contributed by atoms with Gasteiger partial charge < -0.3 is 15.4 Å². The Labute approximate surface area is 104 Å². The second-order valence-electron chi connectivity index (χ2n) is 4.87. The third-order valence-electron chi connectivity index (χ3n) is 3.13. The molecule has 0 bridgehead atoms. The highest BCUT2D eigenvalue weighted by atomic mass is 16.5. The molecule has 1 amide bonds. The van der Waals surface area contributed by atoms with Gasteiger partial charge in [-0.15, -0.1) is 0 Å². The van der Waals surface area contributed by atoms with E-state index in [0.717, 1.165) is 38.8 Å². The highest BCUT2D eigenvalue weighted by molar-refractivity contribution is 5.77. The van der Waals surface area contributed by atoms with E-state index in [1.165, 1.54) is 6.42 Å². The fourth-order valence-electron chi connectivity index (χ4n) is 2.05. The van der Waals surface area contributed by atoms with E-state index in [1.54, 1.807) is 0 Å². The number of carbonyl (C=O) groups is 1. The van der Waals surface area contributed by atoms with Crippen LogP contribution in [0.25, 0.3) is 0 Å². The predicted molar refractivity (Wildman–Crippen MR) is 69.0 cm³/mol. The van der Waals surface area contributed by atoms with Crippen LogP contribution in [-0.2, 0) is 9.53 Å². The van der Waals surface area contributed by atoms with E-state index in [-0.39, 0.29) is 24.7 Å². The number of ether oxygens (including phenoxy) is 1. The minimum absolute atomic E-state index is 0.0205. The molecule has 100 valence electrons. The van der Waals surface area contributed by atoms with Crippen molar-refractivity contribution in [1.29, 1.82) is 0 Å². The third-order valence-corrected chi connectivity index (χ3v) is 3.13. The molecule has 1 heterocycles. The fourth-order valence-corrected chi connectivity index (χ4v) is 2.05. The smallest absolute Gasteiger partial charge is 0.246 e. The van der Waals surface area contributed by atoms with Crippen molar-refractivity contribution in [3.05, 3.63) is 0 Å². The molecular weight excluding hydrogens is 216 g/mol. The Morgan fingerprint density at radius 1 is 1.47 bits per heavy atom. The Morgan fingerprint density at radius 2 is 2.18 bits per heavy atom. The van der Waals surface area contributed by atoms with Gasteiger partial charge in [-0.2, -0.15) is 0 Å². The highest BCUT2D eigenvalue weighted by Gasteiger charge is 2.15. The summed E-state index contributed by atoms with van der Waals surface area (Å²) in [5, 5.41) is 6.25. The molecule has 1 rings (SSSR count). The van der Waals surface area contributed by atoms with Crippen LogP contribution >= 0.6 is 0 Å². The normalized spacial score (nSPS) is 18.9. The minimum atomic E-state index is 0.0205. The molecule has 2 N–H and O–H groups in total. The molecule has 1 aliphatic rings. The zero-order valence-electron chi connectivity index (χ0n) is 11.1. The molecule has 0 aromatic carbocycles. The van der Waals surface area contributed by atoms with Gasteiger partial charge in [0.15, 0.2) is 0 Å². The average molecular weight is 242 g/mol. The summed E-state index contributed by atoms with van der Waals surface area (Å²) in [7, 11) is 0. The fraction of sp³-hybridized carbons (Fsp3) is 0.923. The summed E-state index contributed by atoms with van der Waals surface area (Å²) in [6.07, 6.45) is 5.67. The standard InChI is InChI=1S/C13H26N2O2/c1-3-4-5-11(2)15-13(16)10-17-12-6-8-14-9-7-12/h11-12,14H,3-10H2,1-2H3,(H,15,16). The van der Waals surface area contributed by atoms with E-state index < -0.39 is 0 Å². The maximum absolute atomic E-state index is 11.6. The third kappa shape index (κ3) is 6.64.